The third-order valence-corrected chi connectivity index (χ3v) is 5.98. The van der Waals surface area contributed by atoms with Crippen molar-refractivity contribution in [3.8, 4) is 0 Å². The number of aromatic nitrogens is 1. The maximum Gasteiger partial charge on any atom is 0.0864 e. The van der Waals surface area contributed by atoms with Crippen molar-refractivity contribution < 1.29 is 0 Å². The molecule has 39 heavy (non-hydrogen) atoms. The van der Waals surface area contributed by atoms with Gasteiger partial charge in [-0.3, -0.25) is 4.98 Å². The summed E-state index contributed by atoms with van der Waals surface area (Å²) in [5.74, 6) is 0. The number of hydrogen-bond acceptors (Lipinski definition) is 4. The van der Waals surface area contributed by atoms with Crippen LogP contribution in [0.2, 0.25) is 0 Å². The normalized spacial score (nSPS) is 13.2. The van der Waals surface area contributed by atoms with E-state index in [4.69, 9.17) is 0 Å². The van der Waals surface area contributed by atoms with Gasteiger partial charge in [0.1, 0.15) is 0 Å². The average Bonchev–Trinajstić information content (AvgIpc) is 3.79. The third-order valence-electron chi connectivity index (χ3n) is 5.98. The van der Waals surface area contributed by atoms with E-state index in [0.29, 0.717) is 6.04 Å². The zero-order chi connectivity index (χ0) is 29.4. The highest BCUT2D eigenvalue weighted by Crippen LogP contribution is 2.29. The summed E-state index contributed by atoms with van der Waals surface area (Å²) in [6.45, 7) is 32.4. The Hall–Kier alpha value is -3.63. The molecule has 0 amide bonds. The molecule has 1 saturated carbocycles. The van der Waals surface area contributed by atoms with Crippen molar-refractivity contribution in [1.29, 1.82) is 0 Å². The summed E-state index contributed by atoms with van der Waals surface area (Å²) in [6, 6.07) is 13.2. The Labute approximate surface area is 238 Å². The summed E-state index contributed by atoms with van der Waals surface area (Å²) in [6.07, 6.45) is 12.5. The third kappa shape index (κ3) is 11.7. The van der Waals surface area contributed by atoms with Crippen LogP contribution < -0.4 is 10.6 Å². The molecular weight excluding hydrogens is 476 g/mol. The quantitative estimate of drug-likeness (QED) is 0.214. The summed E-state index contributed by atoms with van der Waals surface area (Å²) in [7, 11) is 0. The number of hydrogen-bond donors (Lipinski definition) is 2. The van der Waals surface area contributed by atoms with Crippen LogP contribution >= 0.6 is 0 Å². The van der Waals surface area contributed by atoms with Crippen molar-refractivity contribution in [2.45, 2.75) is 72.5 Å². The minimum Gasteiger partial charge on any atom is -0.371 e. The van der Waals surface area contributed by atoms with Crippen molar-refractivity contribution in [2.24, 2.45) is 0 Å². The van der Waals surface area contributed by atoms with Gasteiger partial charge in [0, 0.05) is 36.6 Å². The molecule has 0 radical (unpaired) electrons. The summed E-state index contributed by atoms with van der Waals surface area (Å²) >= 11 is 0. The van der Waals surface area contributed by atoms with Gasteiger partial charge in [0.05, 0.1) is 11.4 Å². The summed E-state index contributed by atoms with van der Waals surface area (Å²) in [5.41, 5.74) is 7.24. The van der Waals surface area contributed by atoms with E-state index in [2.05, 4.69) is 124 Å². The van der Waals surface area contributed by atoms with Crippen LogP contribution in [0.4, 0.5) is 5.69 Å². The first-order valence-corrected chi connectivity index (χ1v) is 13.9. The molecule has 0 atom stereocenters. The lowest BCUT2D eigenvalue weighted by molar-refractivity contribution is 0.360. The molecular formula is C35H50N4. The van der Waals surface area contributed by atoms with Crippen LogP contribution in [0.3, 0.4) is 0 Å². The van der Waals surface area contributed by atoms with Crippen LogP contribution in [0.25, 0.3) is 11.3 Å². The van der Waals surface area contributed by atoms with Gasteiger partial charge in [0.15, 0.2) is 0 Å². The largest absolute Gasteiger partial charge is 0.371 e. The fraction of sp³-hybridized carbons (Fsp3) is 0.343. The van der Waals surface area contributed by atoms with Crippen molar-refractivity contribution >= 4 is 17.0 Å². The van der Waals surface area contributed by atoms with E-state index in [9.17, 15) is 0 Å². The molecule has 1 aliphatic rings. The minimum atomic E-state index is 0.0462. The van der Waals surface area contributed by atoms with Crippen molar-refractivity contribution in [1.82, 2.24) is 15.2 Å². The molecule has 0 bridgehead atoms. The van der Waals surface area contributed by atoms with E-state index >= 15 is 0 Å². The predicted molar refractivity (Wildman–Crippen MR) is 174 cm³/mol. The first kappa shape index (κ1) is 33.4. The highest BCUT2D eigenvalue weighted by Gasteiger charge is 2.26. The summed E-state index contributed by atoms with van der Waals surface area (Å²) < 4.78 is 0. The van der Waals surface area contributed by atoms with Crippen LogP contribution in [-0.4, -0.2) is 28.0 Å². The molecule has 1 aromatic heterocycles. The second-order valence-corrected chi connectivity index (χ2v) is 10.1. The molecule has 1 aliphatic carbocycles. The van der Waals surface area contributed by atoms with Crippen LogP contribution in [0, 0.1) is 0 Å². The Morgan fingerprint density at radius 2 is 1.79 bits per heavy atom. The van der Waals surface area contributed by atoms with Gasteiger partial charge >= 0.3 is 0 Å². The Morgan fingerprint density at radius 1 is 1.10 bits per heavy atom. The number of benzene rings is 1. The van der Waals surface area contributed by atoms with E-state index in [1.807, 2.05) is 38.4 Å². The second-order valence-electron chi connectivity index (χ2n) is 10.1. The Morgan fingerprint density at radius 3 is 2.36 bits per heavy atom. The molecule has 0 saturated heterocycles. The molecule has 3 rings (SSSR count). The number of rotatable bonds is 12. The van der Waals surface area contributed by atoms with Crippen molar-refractivity contribution in [3.05, 3.63) is 122 Å². The van der Waals surface area contributed by atoms with Gasteiger partial charge in [-0.2, -0.15) is 0 Å². The van der Waals surface area contributed by atoms with Crippen LogP contribution in [-0.2, 0) is 6.54 Å². The number of nitrogens with one attached hydrogen (secondary N) is 2. The Kier molecular flexibility index (Phi) is 14.6. The fourth-order valence-corrected chi connectivity index (χ4v) is 3.80. The molecule has 2 N–H and O–H groups in total. The highest BCUT2D eigenvalue weighted by molar-refractivity contribution is 5.79. The van der Waals surface area contributed by atoms with E-state index < -0.39 is 0 Å². The molecule has 0 spiro atoms. The fourth-order valence-electron chi connectivity index (χ4n) is 3.80. The van der Waals surface area contributed by atoms with Crippen molar-refractivity contribution in [2.75, 3.05) is 11.9 Å². The van der Waals surface area contributed by atoms with Gasteiger partial charge in [0.25, 0.3) is 0 Å². The standard InChI is InChI=1S/C31H40N4.C2H6.C2H4/c1-8-24(21-33-31(5,6)7)18-26(9-2)27-16-17-32-30(20-27)23(4)34-28-13-11-12-25(19-28)22-35(10-3)29-14-15-29;2*1-2/h8-13,16-20,29,33-34H,1,3-4,14-15,21-22H2,2,5-7H3;1-2H3;1-2H2/b24-18+,26-9+;;. The Bertz CT molecular complexity index is 1130. The molecule has 0 aliphatic heterocycles. The zero-order valence-corrected chi connectivity index (χ0v) is 25.2. The maximum atomic E-state index is 4.57. The predicted octanol–water partition coefficient (Wildman–Crippen LogP) is 9.00. The maximum absolute atomic E-state index is 4.57. The van der Waals surface area contributed by atoms with E-state index in [-0.39, 0.29) is 5.54 Å². The molecule has 0 unspecified atom stereocenters. The van der Waals surface area contributed by atoms with E-state index in [0.717, 1.165) is 46.9 Å². The van der Waals surface area contributed by atoms with Gasteiger partial charge < -0.3 is 15.5 Å². The van der Waals surface area contributed by atoms with E-state index in [1.54, 1.807) is 0 Å². The SMILES string of the molecule is C=C.C=C/C(=C\C(=C/C)c1ccnc(C(=C)Nc2cccc(CN(C=C)C3CC3)c2)c1)CNC(C)(C)C.CC. The van der Waals surface area contributed by atoms with Gasteiger partial charge in [-0.15, -0.1) is 13.2 Å². The highest BCUT2D eigenvalue weighted by atomic mass is 15.2. The topological polar surface area (TPSA) is 40.2 Å². The summed E-state index contributed by atoms with van der Waals surface area (Å²) in [4.78, 5) is 6.89. The van der Waals surface area contributed by atoms with Crippen LogP contribution in [0.5, 0.6) is 0 Å². The number of allylic oxidation sites excluding steroid dienone is 3. The molecule has 1 heterocycles. The van der Waals surface area contributed by atoms with Gasteiger partial charge in [-0.1, -0.05) is 63.9 Å². The molecule has 2 aromatic rings. The Balaban J connectivity index is 0.00000181. The first-order chi connectivity index (χ1) is 18.7. The monoisotopic (exact) mass is 526 g/mol. The van der Waals surface area contributed by atoms with E-state index in [1.165, 1.54) is 18.4 Å². The lowest BCUT2D eigenvalue weighted by Crippen LogP contribution is -2.36. The van der Waals surface area contributed by atoms with Gasteiger partial charge in [0.2, 0.25) is 0 Å². The zero-order valence-electron chi connectivity index (χ0n) is 25.2. The van der Waals surface area contributed by atoms with Crippen LogP contribution in [0.1, 0.15) is 71.2 Å². The van der Waals surface area contributed by atoms with Crippen LogP contribution in [0.15, 0.2) is 105 Å². The van der Waals surface area contributed by atoms with Gasteiger partial charge in [-0.05, 0) is 93.3 Å². The lowest BCUT2D eigenvalue weighted by atomic mass is 10.0. The minimum absolute atomic E-state index is 0.0462. The second kappa shape index (κ2) is 17.1. The molecule has 4 heteroatoms. The number of nitrogens with zero attached hydrogens (tertiary/aromatic N) is 2. The number of pyridine rings is 1. The smallest absolute Gasteiger partial charge is 0.0864 e. The molecule has 1 fully saturated rings. The lowest BCUT2D eigenvalue weighted by Gasteiger charge is -2.21. The average molecular weight is 527 g/mol. The first-order valence-electron chi connectivity index (χ1n) is 13.9. The van der Waals surface area contributed by atoms with Gasteiger partial charge in [-0.25, -0.2) is 0 Å². The summed E-state index contributed by atoms with van der Waals surface area (Å²) in [5, 5.41) is 6.97. The molecule has 1 aromatic carbocycles. The van der Waals surface area contributed by atoms with Crippen molar-refractivity contribution in [3.63, 3.8) is 0 Å². The number of anilines is 1. The molecule has 4 nitrogen and oxygen atoms in total. The molecule has 210 valence electrons.